The van der Waals surface area contributed by atoms with Crippen LogP contribution in [0.1, 0.15) is 42.4 Å². The quantitative estimate of drug-likeness (QED) is 0.134. The zero-order chi connectivity index (χ0) is 32.5. The molecule has 7 rings (SSSR count). The molecule has 1 atom stereocenters. The Kier molecular flexibility index (Phi) is 10.3. The van der Waals surface area contributed by atoms with Crippen LogP contribution in [-0.4, -0.2) is 23.8 Å². The van der Waals surface area contributed by atoms with Crippen LogP contribution in [0.2, 0.25) is 5.02 Å². The number of rotatable bonds is 13. The van der Waals surface area contributed by atoms with Gasteiger partial charge in [0, 0.05) is 18.0 Å². The van der Waals surface area contributed by atoms with Crippen LogP contribution in [0, 0.1) is 0 Å². The van der Waals surface area contributed by atoms with E-state index in [1.807, 2.05) is 54.6 Å². The van der Waals surface area contributed by atoms with E-state index in [1.165, 1.54) is 24.8 Å². The Morgan fingerprint density at radius 3 is 1.94 bits per heavy atom. The van der Waals surface area contributed by atoms with Crippen molar-refractivity contribution in [3.8, 4) is 28.5 Å². The fraction of sp³-hybridized carbons (Fsp3) is 0.238. The minimum absolute atomic E-state index is 0.494. The molecule has 1 fully saturated rings. The fourth-order valence-corrected chi connectivity index (χ4v) is 6.75. The van der Waals surface area contributed by atoms with Gasteiger partial charge >= 0.3 is 0 Å². The van der Waals surface area contributed by atoms with E-state index in [0.717, 1.165) is 70.1 Å². The largest absolute Gasteiger partial charge is 0.494 e. The van der Waals surface area contributed by atoms with E-state index in [9.17, 15) is 0 Å². The second-order valence-corrected chi connectivity index (χ2v) is 12.8. The summed E-state index contributed by atoms with van der Waals surface area (Å²) in [5, 5.41) is 5.26. The number of hydrogen-bond donors (Lipinski definition) is 1. The molecule has 2 heterocycles. The van der Waals surface area contributed by atoms with E-state index >= 15 is 0 Å². The van der Waals surface area contributed by atoms with Crippen LogP contribution in [0.4, 0.5) is 0 Å². The molecule has 0 bridgehead atoms. The Morgan fingerprint density at radius 2 is 1.27 bits per heavy atom. The second kappa shape index (κ2) is 15.5. The van der Waals surface area contributed by atoms with E-state index in [2.05, 4.69) is 82.7 Å². The van der Waals surface area contributed by atoms with E-state index in [4.69, 9.17) is 25.8 Å². The van der Waals surface area contributed by atoms with Crippen molar-refractivity contribution >= 4 is 22.5 Å². The van der Waals surface area contributed by atoms with Crippen molar-refractivity contribution in [1.29, 1.82) is 0 Å². The summed E-state index contributed by atoms with van der Waals surface area (Å²) >= 11 is 7.25. The first-order valence-corrected chi connectivity index (χ1v) is 17.3. The second-order valence-electron chi connectivity index (χ2n) is 12.4. The highest BCUT2D eigenvalue weighted by Crippen LogP contribution is 2.40. The van der Waals surface area contributed by atoms with Gasteiger partial charge < -0.3 is 24.1 Å². The molecule has 244 valence electrons. The van der Waals surface area contributed by atoms with Crippen LogP contribution in [0.3, 0.4) is 0 Å². The zero-order valence-electron chi connectivity index (χ0n) is 27.1. The number of nitrogens with zero attached hydrogens (tertiary/aromatic N) is 1. The normalized spacial score (nSPS) is 14.6. The lowest BCUT2D eigenvalue weighted by Crippen LogP contribution is -2.35. The molecule has 5 nitrogen and oxygen atoms in total. The lowest BCUT2D eigenvalue weighted by Gasteiger charge is -2.23. The summed E-state index contributed by atoms with van der Waals surface area (Å²) in [7, 11) is 0. The molecule has 0 amide bonds. The molecule has 1 N–H and O–H groups in total. The Morgan fingerprint density at radius 1 is 0.646 bits per heavy atom. The molecule has 6 aromatic rings. The Labute approximate surface area is 288 Å². The molecule has 5 aromatic carbocycles. The van der Waals surface area contributed by atoms with E-state index in [0.29, 0.717) is 30.8 Å². The standard InChI is InChI=1S/C42H41ClN2O3/c43-41-39-27-38(48-30-33-11-5-2-6-12-33)22-23-40(39)45(28-31-14-18-36(19-15-31)46-26-24-35-13-7-8-25-44-35)42(41)34-16-20-37(21-17-34)47-29-32-9-3-1-4-10-32/h1-6,9-12,14-23,27,35,44H,7-8,13,24-26,28-30H2. The van der Waals surface area contributed by atoms with Gasteiger partial charge in [-0.2, -0.15) is 0 Å². The van der Waals surface area contributed by atoms with Crippen molar-refractivity contribution in [1.82, 2.24) is 9.88 Å². The summed E-state index contributed by atoms with van der Waals surface area (Å²) in [6.07, 6.45) is 4.86. The Hall–Kier alpha value is -4.71. The number of ether oxygens (including phenoxy) is 3. The first kappa shape index (κ1) is 31.9. The van der Waals surface area contributed by atoms with Gasteiger partial charge in [-0.15, -0.1) is 0 Å². The summed E-state index contributed by atoms with van der Waals surface area (Å²) in [5.74, 6) is 2.50. The first-order valence-electron chi connectivity index (χ1n) is 16.9. The van der Waals surface area contributed by atoms with Crippen molar-refractivity contribution in [3.63, 3.8) is 0 Å². The molecular formula is C42H41ClN2O3. The minimum atomic E-state index is 0.494. The maximum atomic E-state index is 7.25. The molecule has 1 aromatic heterocycles. The van der Waals surface area contributed by atoms with Crippen molar-refractivity contribution < 1.29 is 14.2 Å². The summed E-state index contributed by atoms with van der Waals surface area (Å²) < 4.78 is 20.7. The van der Waals surface area contributed by atoms with Crippen LogP contribution in [0.15, 0.2) is 127 Å². The van der Waals surface area contributed by atoms with Crippen LogP contribution in [0.5, 0.6) is 17.2 Å². The molecular weight excluding hydrogens is 616 g/mol. The molecule has 48 heavy (non-hydrogen) atoms. The van der Waals surface area contributed by atoms with Gasteiger partial charge in [0.25, 0.3) is 0 Å². The lowest BCUT2D eigenvalue weighted by atomic mass is 10.0. The molecule has 1 unspecified atom stereocenters. The molecule has 0 spiro atoms. The molecule has 0 aliphatic carbocycles. The third-order valence-corrected chi connectivity index (χ3v) is 9.39. The van der Waals surface area contributed by atoms with E-state index < -0.39 is 0 Å². The highest BCUT2D eigenvalue weighted by atomic mass is 35.5. The van der Waals surface area contributed by atoms with E-state index in [1.54, 1.807) is 0 Å². The summed E-state index contributed by atoms with van der Waals surface area (Å²) in [4.78, 5) is 0. The van der Waals surface area contributed by atoms with Crippen LogP contribution < -0.4 is 19.5 Å². The van der Waals surface area contributed by atoms with Crippen molar-refractivity contribution in [2.24, 2.45) is 0 Å². The predicted octanol–water partition coefficient (Wildman–Crippen LogP) is 10.1. The van der Waals surface area contributed by atoms with Crippen LogP contribution >= 0.6 is 11.6 Å². The molecule has 1 aliphatic rings. The van der Waals surface area contributed by atoms with Gasteiger partial charge in [0.05, 0.1) is 22.8 Å². The number of piperidine rings is 1. The zero-order valence-corrected chi connectivity index (χ0v) is 27.9. The molecule has 1 saturated heterocycles. The lowest BCUT2D eigenvalue weighted by molar-refractivity contribution is 0.268. The highest BCUT2D eigenvalue weighted by Gasteiger charge is 2.19. The number of aromatic nitrogens is 1. The van der Waals surface area contributed by atoms with Gasteiger partial charge in [0.15, 0.2) is 0 Å². The number of fused-ring (bicyclic) bond motifs is 1. The highest BCUT2D eigenvalue weighted by molar-refractivity contribution is 6.38. The van der Waals surface area contributed by atoms with Crippen molar-refractivity contribution in [2.45, 2.75) is 51.5 Å². The predicted molar refractivity (Wildman–Crippen MR) is 195 cm³/mol. The fourth-order valence-electron chi connectivity index (χ4n) is 6.38. The number of nitrogens with one attached hydrogen (secondary N) is 1. The van der Waals surface area contributed by atoms with Gasteiger partial charge in [-0.1, -0.05) is 90.8 Å². The molecule has 6 heteroatoms. The van der Waals surface area contributed by atoms with Gasteiger partial charge in [-0.25, -0.2) is 0 Å². The number of benzene rings is 5. The van der Waals surface area contributed by atoms with Gasteiger partial charge in [-0.05, 0) is 103 Å². The maximum absolute atomic E-state index is 7.25. The Balaban J connectivity index is 1.13. The number of halogens is 1. The average molecular weight is 657 g/mol. The number of hydrogen-bond acceptors (Lipinski definition) is 4. The molecule has 0 saturated carbocycles. The molecule has 1 aliphatic heterocycles. The third-order valence-electron chi connectivity index (χ3n) is 9.01. The van der Waals surface area contributed by atoms with Crippen LogP contribution in [0.25, 0.3) is 22.2 Å². The van der Waals surface area contributed by atoms with E-state index in [-0.39, 0.29) is 0 Å². The summed E-state index contributed by atoms with van der Waals surface area (Å²) in [6.45, 7) is 3.51. The van der Waals surface area contributed by atoms with Gasteiger partial charge in [0.1, 0.15) is 30.5 Å². The SMILES string of the molecule is Clc1c(-c2ccc(OCc3ccccc3)cc2)n(Cc2ccc(OCCC3CCCCN3)cc2)c2ccc(OCc3ccccc3)cc12. The van der Waals surface area contributed by atoms with Crippen LogP contribution in [-0.2, 0) is 19.8 Å². The van der Waals surface area contributed by atoms with Crippen molar-refractivity contribution in [3.05, 3.63) is 149 Å². The topological polar surface area (TPSA) is 44.7 Å². The monoisotopic (exact) mass is 656 g/mol. The third kappa shape index (κ3) is 7.87. The van der Waals surface area contributed by atoms with Gasteiger partial charge in [-0.3, -0.25) is 0 Å². The Bertz CT molecular complexity index is 1900. The van der Waals surface area contributed by atoms with Gasteiger partial charge in [0.2, 0.25) is 0 Å². The summed E-state index contributed by atoms with van der Waals surface area (Å²) in [5.41, 5.74) is 6.44. The molecule has 0 radical (unpaired) electrons. The first-order chi connectivity index (χ1) is 23.7. The van der Waals surface area contributed by atoms with Crippen molar-refractivity contribution in [2.75, 3.05) is 13.2 Å². The smallest absolute Gasteiger partial charge is 0.120 e. The average Bonchev–Trinajstić information content (AvgIpc) is 3.42. The minimum Gasteiger partial charge on any atom is -0.494 e. The maximum Gasteiger partial charge on any atom is 0.120 e. The summed E-state index contributed by atoms with van der Waals surface area (Å²) in [6, 6.07) is 43.8.